The van der Waals surface area contributed by atoms with E-state index in [-0.39, 0.29) is 12.3 Å². The van der Waals surface area contributed by atoms with E-state index >= 15 is 0 Å². The maximum absolute atomic E-state index is 11.9. The molecule has 0 saturated heterocycles. The van der Waals surface area contributed by atoms with Crippen LogP contribution in [0, 0.1) is 6.92 Å². The van der Waals surface area contributed by atoms with Gasteiger partial charge in [0.15, 0.2) is 5.76 Å². The van der Waals surface area contributed by atoms with Crippen LogP contribution in [-0.4, -0.2) is 38.4 Å². The van der Waals surface area contributed by atoms with Crippen LogP contribution in [0.25, 0.3) is 11.3 Å². The molecule has 2 heterocycles. The quantitative estimate of drug-likeness (QED) is 0.690. The van der Waals surface area contributed by atoms with E-state index in [1.165, 1.54) is 0 Å². The number of aryl methyl sites for hydroxylation is 2. The van der Waals surface area contributed by atoms with Crippen LogP contribution in [0.1, 0.15) is 17.9 Å². The summed E-state index contributed by atoms with van der Waals surface area (Å²) >= 11 is 0. The molecule has 0 aliphatic rings. The average molecular weight is 342 g/mol. The van der Waals surface area contributed by atoms with Crippen molar-refractivity contribution in [2.75, 3.05) is 7.11 Å². The van der Waals surface area contributed by atoms with Crippen LogP contribution in [0.15, 0.2) is 34.9 Å². The molecule has 0 aliphatic carbocycles. The normalized spacial score (nSPS) is 10.6. The van der Waals surface area contributed by atoms with Crippen LogP contribution in [0.2, 0.25) is 0 Å². The van der Waals surface area contributed by atoms with Crippen LogP contribution < -0.4 is 10.1 Å². The first kappa shape index (κ1) is 16.6. The Morgan fingerprint density at radius 3 is 3.00 bits per heavy atom. The van der Waals surface area contributed by atoms with Crippen molar-refractivity contribution in [3.8, 4) is 17.1 Å². The van der Waals surface area contributed by atoms with Crippen LogP contribution in [0.5, 0.6) is 5.75 Å². The number of tetrazole rings is 1. The number of ether oxygens (including phenoxy) is 1. The first-order valence-electron chi connectivity index (χ1n) is 7.75. The Morgan fingerprint density at radius 1 is 1.36 bits per heavy atom. The Labute approximate surface area is 144 Å². The molecule has 25 heavy (non-hydrogen) atoms. The summed E-state index contributed by atoms with van der Waals surface area (Å²) in [5.41, 5.74) is 1.50. The molecule has 0 atom stereocenters. The SMILES string of the molecule is COc1cccc(-c2cc(CNC(=O)CCn3nnnc3C)no2)c1. The van der Waals surface area contributed by atoms with Crippen molar-refractivity contribution in [3.05, 3.63) is 41.9 Å². The van der Waals surface area contributed by atoms with Gasteiger partial charge >= 0.3 is 0 Å². The van der Waals surface area contributed by atoms with Gasteiger partial charge in [-0.25, -0.2) is 4.68 Å². The van der Waals surface area contributed by atoms with E-state index in [1.807, 2.05) is 24.3 Å². The number of carbonyl (C=O) groups excluding carboxylic acids is 1. The third-order valence-electron chi connectivity index (χ3n) is 3.64. The van der Waals surface area contributed by atoms with E-state index in [0.29, 0.717) is 30.4 Å². The van der Waals surface area contributed by atoms with Crippen LogP contribution in [0.4, 0.5) is 0 Å². The Balaban J connectivity index is 1.53. The number of methoxy groups -OCH3 is 1. The van der Waals surface area contributed by atoms with Crippen LogP contribution in [0.3, 0.4) is 0 Å². The van der Waals surface area contributed by atoms with Gasteiger partial charge in [-0.1, -0.05) is 17.3 Å². The van der Waals surface area contributed by atoms with E-state index < -0.39 is 0 Å². The number of nitrogens with one attached hydrogen (secondary N) is 1. The number of benzene rings is 1. The Hall–Kier alpha value is -3.23. The summed E-state index contributed by atoms with van der Waals surface area (Å²) in [6.07, 6.45) is 0.284. The Morgan fingerprint density at radius 2 is 2.24 bits per heavy atom. The van der Waals surface area contributed by atoms with Gasteiger partial charge < -0.3 is 14.6 Å². The van der Waals surface area contributed by atoms with Gasteiger partial charge in [-0.05, 0) is 29.5 Å². The molecule has 9 nitrogen and oxygen atoms in total. The number of hydrogen-bond donors (Lipinski definition) is 1. The van der Waals surface area contributed by atoms with Crippen molar-refractivity contribution in [1.29, 1.82) is 0 Å². The molecular weight excluding hydrogens is 324 g/mol. The lowest BCUT2D eigenvalue weighted by molar-refractivity contribution is -0.121. The van der Waals surface area contributed by atoms with Crippen molar-refractivity contribution < 1.29 is 14.1 Å². The molecular formula is C16H18N6O3. The molecule has 0 aliphatic heterocycles. The third-order valence-corrected chi connectivity index (χ3v) is 3.64. The Kier molecular flexibility index (Phi) is 5.03. The van der Waals surface area contributed by atoms with Crippen LogP contribution >= 0.6 is 0 Å². The molecule has 3 aromatic rings. The zero-order chi connectivity index (χ0) is 17.6. The van der Waals surface area contributed by atoms with E-state index in [1.54, 1.807) is 24.8 Å². The topological polar surface area (TPSA) is 108 Å². The van der Waals surface area contributed by atoms with E-state index in [9.17, 15) is 4.79 Å². The summed E-state index contributed by atoms with van der Waals surface area (Å²) < 4.78 is 12.1. The summed E-state index contributed by atoms with van der Waals surface area (Å²) in [4.78, 5) is 11.9. The van der Waals surface area contributed by atoms with Crippen molar-refractivity contribution >= 4 is 5.91 Å². The Bertz CT molecular complexity index is 857. The molecule has 1 amide bonds. The second-order valence-electron chi connectivity index (χ2n) is 5.39. The highest BCUT2D eigenvalue weighted by Gasteiger charge is 2.10. The molecule has 1 N–H and O–H groups in total. The van der Waals surface area contributed by atoms with Crippen molar-refractivity contribution in [3.63, 3.8) is 0 Å². The molecule has 3 rings (SSSR count). The molecule has 0 radical (unpaired) electrons. The smallest absolute Gasteiger partial charge is 0.222 e. The molecule has 0 fully saturated rings. The number of rotatable bonds is 7. The summed E-state index contributed by atoms with van der Waals surface area (Å²) in [7, 11) is 1.61. The number of hydrogen-bond acceptors (Lipinski definition) is 7. The zero-order valence-corrected chi connectivity index (χ0v) is 14.0. The summed E-state index contributed by atoms with van der Waals surface area (Å²) in [5.74, 6) is 1.92. The monoisotopic (exact) mass is 342 g/mol. The standard InChI is InChI=1S/C16H18N6O3/c1-11-18-20-21-22(11)7-6-16(23)17-10-13-9-15(25-19-13)12-4-3-5-14(8-12)24-2/h3-5,8-9H,6-7,10H2,1-2H3,(H,17,23). The minimum Gasteiger partial charge on any atom is -0.497 e. The zero-order valence-electron chi connectivity index (χ0n) is 14.0. The highest BCUT2D eigenvalue weighted by Crippen LogP contribution is 2.24. The highest BCUT2D eigenvalue weighted by atomic mass is 16.5. The van der Waals surface area contributed by atoms with E-state index in [4.69, 9.17) is 9.26 Å². The summed E-state index contributed by atoms with van der Waals surface area (Å²) in [6, 6.07) is 9.28. The van der Waals surface area contributed by atoms with Crippen molar-refractivity contribution in [2.45, 2.75) is 26.4 Å². The van der Waals surface area contributed by atoms with Gasteiger partial charge in [0.2, 0.25) is 5.91 Å². The number of carbonyl (C=O) groups is 1. The minimum atomic E-state index is -0.110. The summed E-state index contributed by atoms with van der Waals surface area (Å²) in [5, 5.41) is 17.9. The lowest BCUT2D eigenvalue weighted by Gasteiger charge is -2.03. The molecule has 0 bridgehead atoms. The molecule has 9 heteroatoms. The molecule has 0 spiro atoms. The fourth-order valence-corrected chi connectivity index (χ4v) is 2.25. The second kappa shape index (κ2) is 7.56. The molecule has 2 aromatic heterocycles. The van der Waals surface area contributed by atoms with Gasteiger partial charge in [0, 0.05) is 18.1 Å². The lowest BCUT2D eigenvalue weighted by atomic mass is 10.1. The van der Waals surface area contributed by atoms with Gasteiger partial charge in [0.05, 0.1) is 20.2 Å². The maximum atomic E-state index is 11.9. The number of aromatic nitrogens is 5. The number of nitrogens with zero attached hydrogens (tertiary/aromatic N) is 5. The van der Waals surface area contributed by atoms with Crippen molar-refractivity contribution in [2.24, 2.45) is 0 Å². The predicted molar refractivity (Wildman–Crippen MR) is 87.5 cm³/mol. The first-order valence-corrected chi connectivity index (χ1v) is 7.75. The van der Waals surface area contributed by atoms with Gasteiger partial charge in [0.25, 0.3) is 0 Å². The highest BCUT2D eigenvalue weighted by molar-refractivity contribution is 5.75. The predicted octanol–water partition coefficient (Wildman–Crippen LogP) is 1.35. The third kappa shape index (κ3) is 4.19. The second-order valence-corrected chi connectivity index (χ2v) is 5.39. The molecule has 1 aromatic carbocycles. The fraction of sp³-hybridized carbons (Fsp3) is 0.312. The largest absolute Gasteiger partial charge is 0.497 e. The van der Waals surface area contributed by atoms with E-state index in [2.05, 4.69) is 26.0 Å². The minimum absolute atomic E-state index is 0.110. The number of amides is 1. The fourth-order valence-electron chi connectivity index (χ4n) is 2.25. The molecule has 0 unspecified atom stereocenters. The lowest BCUT2D eigenvalue weighted by Crippen LogP contribution is -2.24. The van der Waals surface area contributed by atoms with Gasteiger partial charge in [0.1, 0.15) is 17.3 Å². The van der Waals surface area contributed by atoms with Gasteiger partial charge in [-0.3, -0.25) is 4.79 Å². The molecule has 0 saturated carbocycles. The van der Waals surface area contributed by atoms with E-state index in [0.717, 1.165) is 11.3 Å². The van der Waals surface area contributed by atoms with Gasteiger partial charge in [-0.2, -0.15) is 0 Å². The van der Waals surface area contributed by atoms with Gasteiger partial charge in [-0.15, -0.1) is 5.10 Å². The molecule has 130 valence electrons. The first-order chi connectivity index (χ1) is 12.2. The van der Waals surface area contributed by atoms with Crippen molar-refractivity contribution in [1.82, 2.24) is 30.7 Å². The summed E-state index contributed by atoms with van der Waals surface area (Å²) in [6.45, 7) is 2.51. The van der Waals surface area contributed by atoms with Crippen LogP contribution in [-0.2, 0) is 17.9 Å². The maximum Gasteiger partial charge on any atom is 0.222 e. The average Bonchev–Trinajstić information content (AvgIpc) is 3.27.